The first-order valence-corrected chi connectivity index (χ1v) is 8.56. The van der Waals surface area contributed by atoms with Gasteiger partial charge in [-0.3, -0.25) is 4.79 Å². The van der Waals surface area contributed by atoms with Gasteiger partial charge in [0.25, 0.3) is 5.91 Å². The highest BCUT2D eigenvalue weighted by Gasteiger charge is 2.34. The summed E-state index contributed by atoms with van der Waals surface area (Å²) in [4.78, 5) is 24.0. The molecule has 1 saturated heterocycles. The van der Waals surface area contributed by atoms with Crippen LogP contribution < -0.4 is 5.32 Å². The Morgan fingerprint density at radius 2 is 2.05 bits per heavy atom. The van der Waals surface area contributed by atoms with Crippen LogP contribution in [0.2, 0.25) is 0 Å². The largest absolute Gasteiger partial charge is 0.448 e. The van der Waals surface area contributed by atoms with Gasteiger partial charge < -0.3 is 10.1 Å². The number of fused-ring (bicyclic) bond motifs is 1. The Hall–Kier alpha value is -1.89. The van der Waals surface area contributed by atoms with E-state index in [0.29, 0.717) is 18.4 Å². The van der Waals surface area contributed by atoms with Crippen molar-refractivity contribution in [1.82, 2.24) is 5.32 Å². The summed E-state index contributed by atoms with van der Waals surface area (Å²) in [5.74, 6) is -0.905. The van der Waals surface area contributed by atoms with Gasteiger partial charge in [-0.1, -0.05) is 18.2 Å². The van der Waals surface area contributed by atoms with Crippen molar-refractivity contribution in [3.63, 3.8) is 0 Å². The fraction of sp³-hybridized carbons (Fsp3) is 0.429. The Balaban J connectivity index is 1.69. The summed E-state index contributed by atoms with van der Waals surface area (Å²) in [6.07, 6.45) is -0.172. The summed E-state index contributed by atoms with van der Waals surface area (Å²) in [5, 5.41) is 2.66. The van der Waals surface area contributed by atoms with Crippen LogP contribution in [0.3, 0.4) is 0 Å². The molecule has 1 fully saturated rings. The molecule has 0 radical (unpaired) electrons. The van der Waals surface area contributed by atoms with Gasteiger partial charge in [-0.15, -0.1) is 0 Å². The molecule has 1 aromatic carbocycles. The second kappa shape index (κ2) is 5.14. The summed E-state index contributed by atoms with van der Waals surface area (Å²) in [6, 6.07) is 6.60. The molecular weight excluding hydrogens is 294 g/mol. The smallest absolute Gasteiger partial charge is 0.339 e. The Bertz CT molecular complexity index is 697. The minimum Gasteiger partial charge on any atom is -0.448 e. The van der Waals surface area contributed by atoms with Crippen LogP contribution in [0.4, 0.5) is 0 Å². The molecule has 2 aliphatic heterocycles. The lowest BCUT2D eigenvalue weighted by Crippen LogP contribution is -2.46. The Morgan fingerprint density at radius 3 is 2.76 bits per heavy atom. The molecule has 0 saturated carbocycles. The third-order valence-electron chi connectivity index (χ3n) is 3.76. The first-order chi connectivity index (χ1) is 9.94. The molecule has 0 bridgehead atoms. The van der Waals surface area contributed by atoms with E-state index in [1.54, 1.807) is 24.3 Å². The van der Waals surface area contributed by atoms with Gasteiger partial charge in [-0.2, -0.15) is 0 Å². The van der Waals surface area contributed by atoms with E-state index in [-0.39, 0.29) is 11.5 Å². The van der Waals surface area contributed by atoms with E-state index in [2.05, 4.69) is 5.32 Å². The van der Waals surface area contributed by atoms with Gasteiger partial charge in [-0.05, 0) is 18.1 Å². The van der Waals surface area contributed by atoms with Crippen LogP contribution in [0.1, 0.15) is 22.3 Å². The number of sulfone groups is 1. The fourth-order valence-corrected chi connectivity index (χ4v) is 4.35. The second-order valence-electron chi connectivity index (χ2n) is 5.36. The van der Waals surface area contributed by atoms with Crippen LogP contribution >= 0.6 is 0 Å². The Labute approximate surface area is 122 Å². The van der Waals surface area contributed by atoms with Crippen molar-refractivity contribution in [3.8, 4) is 0 Å². The predicted molar refractivity (Wildman–Crippen MR) is 74.6 cm³/mol. The molecule has 2 aliphatic rings. The number of hydrogen-bond acceptors (Lipinski definition) is 5. The number of nitrogens with one attached hydrogen (secondary N) is 1. The Morgan fingerprint density at radius 1 is 1.29 bits per heavy atom. The molecule has 1 N–H and O–H groups in total. The average Bonchev–Trinajstić information content (AvgIpc) is 2.78. The van der Waals surface area contributed by atoms with E-state index in [0.717, 1.165) is 5.56 Å². The van der Waals surface area contributed by atoms with Crippen LogP contribution in [-0.2, 0) is 25.8 Å². The molecule has 112 valence electrons. The molecule has 6 nitrogen and oxygen atoms in total. The number of amides is 1. The standard InChI is InChI=1S/C14H15NO5S/c16-13(15-10-5-6-21(18,19)8-10)12-7-9-3-1-2-4-11(9)14(17)20-12/h1-4,10,12H,5-8H2,(H,15,16)/t10-,12-/m1/s1. The van der Waals surface area contributed by atoms with Gasteiger partial charge in [0.1, 0.15) is 0 Å². The van der Waals surface area contributed by atoms with Crippen LogP contribution in [-0.4, -0.2) is 43.9 Å². The minimum absolute atomic E-state index is 0.0456. The molecule has 21 heavy (non-hydrogen) atoms. The molecule has 0 aromatic heterocycles. The second-order valence-corrected chi connectivity index (χ2v) is 7.59. The molecule has 1 aromatic rings. The molecule has 0 unspecified atom stereocenters. The number of hydrogen-bond donors (Lipinski definition) is 1. The van der Waals surface area contributed by atoms with E-state index in [4.69, 9.17) is 4.74 Å². The monoisotopic (exact) mass is 309 g/mol. The summed E-state index contributed by atoms with van der Waals surface area (Å²) in [6.45, 7) is 0. The van der Waals surface area contributed by atoms with Gasteiger partial charge in [0.15, 0.2) is 15.9 Å². The number of carbonyl (C=O) groups excluding carboxylic acids is 2. The highest BCUT2D eigenvalue weighted by molar-refractivity contribution is 7.91. The maximum Gasteiger partial charge on any atom is 0.339 e. The summed E-state index contributed by atoms with van der Waals surface area (Å²) in [5.41, 5.74) is 1.25. The zero-order chi connectivity index (χ0) is 15.0. The third-order valence-corrected chi connectivity index (χ3v) is 5.53. The molecule has 3 rings (SSSR count). The zero-order valence-corrected chi connectivity index (χ0v) is 12.1. The van der Waals surface area contributed by atoms with Crippen molar-refractivity contribution in [2.24, 2.45) is 0 Å². The molecule has 0 aliphatic carbocycles. The number of esters is 1. The summed E-state index contributed by atoms with van der Waals surface area (Å²) >= 11 is 0. The quantitative estimate of drug-likeness (QED) is 0.781. The maximum atomic E-state index is 12.1. The predicted octanol–water partition coefficient (Wildman–Crippen LogP) is 0.0714. The summed E-state index contributed by atoms with van der Waals surface area (Å²) in [7, 11) is -3.05. The highest BCUT2D eigenvalue weighted by Crippen LogP contribution is 2.21. The van der Waals surface area contributed by atoms with Crippen molar-refractivity contribution in [2.45, 2.75) is 25.0 Å². The van der Waals surface area contributed by atoms with Crippen LogP contribution in [0.15, 0.2) is 24.3 Å². The lowest BCUT2D eigenvalue weighted by molar-refractivity contribution is -0.130. The molecule has 1 amide bonds. The van der Waals surface area contributed by atoms with Crippen molar-refractivity contribution in [1.29, 1.82) is 0 Å². The number of carbonyl (C=O) groups is 2. The van der Waals surface area contributed by atoms with E-state index in [1.165, 1.54) is 0 Å². The lowest BCUT2D eigenvalue weighted by atomic mass is 9.98. The van der Waals surface area contributed by atoms with Crippen molar-refractivity contribution in [3.05, 3.63) is 35.4 Å². The van der Waals surface area contributed by atoms with E-state index >= 15 is 0 Å². The normalized spacial score (nSPS) is 26.8. The van der Waals surface area contributed by atoms with Crippen molar-refractivity contribution >= 4 is 21.7 Å². The van der Waals surface area contributed by atoms with Gasteiger partial charge in [0.05, 0.1) is 17.1 Å². The maximum absolute atomic E-state index is 12.1. The molecule has 7 heteroatoms. The number of ether oxygens (including phenoxy) is 1. The van der Waals surface area contributed by atoms with E-state index in [9.17, 15) is 18.0 Å². The van der Waals surface area contributed by atoms with Crippen LogP contribution in [0, 0.1) is 0 Å². The van der Waals surface area contributed by atoms with Crippen LogP contribution in [0.5, 0.6) is 0 Å². The van der Waals surface area contributed by atoms with E-state index < -0.39 is 33.9 Å². The number of rotatable bonds is 2. The number of benzene rings is 1. The van der Waals surface area contributed by atoms with Crippen molar-refractivity contribution < 1.29 is 22.7 Å². The van der Waals surface area contributed by atoms with Gasteiger partial charge >= 0.3 is 5.97 Å². The van der Waals surface area contributed by atoms with Crippen LogP contribution in [0.25, 0.3) is 0 Å². The first kappa shape index (κ1) is 14.1. The summed E-state index contributed by atoms with van der Waals surface area (Å²) < 4.78 is 27.9. The fourth-order valence-electron chi connectivity index (χ4n) is 2.68. The zero-order valence-electron chi connectivity index (χ0n) is 11.2. The highest BCUT2D eigenvalue weighted by atomic mass is 32.2. The van der Waals surface area contributed by atoms with Gasteiger partial charge in [-0.25, -0.2) is 13.2 Å². The molecule has 2 heterocycles. The first-order valence-electron chi connectivity index (χ1n) is 6.74. The SMILES string of the molecule is O=C1O[C@@H](C(=O)N[C@@H]2CCS(=O)(=O)C2)Cc2ccccc21. The topological polar surface area (TPSA) is 89.5 Å². The van der Waals surface area contributed by atoms with Gasteiger partial charge in [0, 0.05) is 12.5 Å². The molecular formula is C14H15NO5S. The Kier molecular flexibility index (Phi) is 3.44. The van der Waals surface area contributed by atoms with Crippen molar-refractivity contribution in [2.75, 3.05) is 11.5 Å². The molecule has 2 atom stereocenters. The van der Waals surface area contributed by atoms with Gasteiger partial charge in [0.2, 0.25) is 0 Å². The van der Waals surface area contributed by atoms with E-state index in [1.807, 2.05) is 0 Å². The third kappa shape index (κ3) is 2.92. The minimum atomic E-state index is -3.05. The number of cyclic esters (lactones) is 1. The lowest BCUT2D eigenvalue weighted by Gasteiger charge is -2.24. The average molecular weight is 309 g/mol. The molecule has 0 spiro atoms.